The van der Waals surface area contributed by atoms with Crippen LogP contribution in [0.3, 0.4) is 0 Å². The largest absolute Gasteiger partial charge is 0.443 e. The number of carbonyl (C=O) groups excluding carboxylic acids is 1. The van der Waals surface area contributed by atoms with Crippen LogP contribution < -0.4 is 4.90 Å². The van der Waals surface area contributed by atoms with Gasteiger partial charge >= 0.3 is 12.3 Å². The van der Waals surface area contributed by atoms with Crippen molar-refractivity contribution in [2.24, 2.45) is 0 Å². The van der Waals surface area contributed by atoms with Crippen molar-refractivity contribution in [3.05, 3.63) is 64.7 Å². The van der Waals surface area contributed by atoms with Crippen molar-refractivity contribution in [1.29, 1.82) is 0 Å². The van der Waals surface area contributed by atoms with Crippen molar-refractivity contribution in [3.63, 3.8) is 0 Å². The van der Waals surface area contributed by atoms with E-state index in [0.29, 0.717) is 38.0 Å². The molecule has 5 nitrogen and oxygen atoms in total. The molecule has 0 bridgehead atoms. The van der Waals surface area contributed by atoms with Gasteiger partial charge in [-0.05, 0) is 63.8 Å². The van der Waals surface area contributed by atoms with Gasteiger partial charge in [0.25, 0.3) is 0 Å². The van der Waals surface area contributed by atoms with Gasteiger partial charge in [0.15, 0.2) is 0 Å². The summed E-state index contributed by atoms with van der Waals surface area (Å²) in [5, 5.41) is 0. The lowest BCUT2D eigenvalue weighted by molar-refractivity contribution is -0.155. The number of hydrogen-bond acceptors (Lipinski definition) is 4. The Morgan fingerprint density at radius 1 is 1.07 bits per heavy atom. The van der Waals surface area contributed by atoms with Crippen molar-refractivity contribution in [2.45, 2.75) is 70.4 Å². The summed E-state index contributed by atoms with van der Waals surface area (Å²) in [4.78, 5) is 17.4. The summed E-state index contributed by atoms with van der Waals surface area (Å²) in [5.74, 6) is -2.11. The van der Waals surface area contributed by atoms with Gasteiger partial charge in [-0.15, -0.1) is 0 Å². The van der Waals surface area contributed by atoms with E-state index in [-0.39, 0.29) is 5.69 Å². The third-order valence-corrected chi connectivity index (χ3v) is 7.24. The first kappa shape index (κ1) is 30.2. The van der Waals surface area contributed by atoms with Gasteiger partial charge in [0, 0.05) is 31.2 Å². The Bertz CT molecular complexity index is 1190. The van der Waals surface area contributed by atoms with Crippen LogP contribution in [-0.2, 0) is 11.2 Å². The molecule has 0 saturated carbocycles. The third-order valence-electron chi connectivity index (χ3n) is 7.24. The van der Waals surface area contributed by atoms with E-state index in [1.54, 1.807) is 52.0 Å². The summed E-state index contributed by atoms with van der Waals surface area (Å²) in [7, 11) is 0. The van der Waals surface area contributed by atoms with Crippen LogP contribution in [0.15, 0.2) is 36.4 Å². The fourth-order valence-electron chi connectivity index (χ4n) is 5.55. The Labute approximate surface area is 230 Å². The highest BCUT2D eigenvalue weighted by Crippen LogP contribution is 2.42. The van der Waals surface area contributed by atoms with Crippen molar-refractivity contribution >= 4 is 11.8 Å². The molecule has 2 aromatic rings. The Morgan fingerprint density at radius 3 is 2.27 bits per heavy atom. The number of anilines is 1. The topological polar surface area (TPSA) is 36.0 Å². The molecule has 1 saturated heterocycles. The molecule has 11 heteroatoms. The van der Waals surface area contributed by atoms with Crippen molar-refractivity contribution in [1.82, 2.24) is 9.80 Å². The number of alkyl halides is 4. The van der Waals surface area contributed by atoms with Crippen LogP contribution in [0.1, 0.15) is 56.8 Å². The molecule has 2 atom stereocenters. The average Bonchev–Trinajstić information content (AvgIpc) is 2.79. The highest BCUT2D eigenvalue weighted by atomic mass is 19.4. The van der Waals surface area contributed by atoms with Crippen LogP contribution in [0.2, 0.25) is 0 Å². The standard InChI is InChI=1S/C29H35F6N3O2/c1-18-12-19-8-5-6-9-22(19)26(37(18)17-29(33,34)35)25-23(31)13-20(14-24(25)32)38(27(39)40-28(2,3)4)21-15-36(16-21)11-7-10-30/h5-6,8-9,13-14,18,21,26H,7,10-12,15-17H2,1-4H3/t18-,26?/m1/s1. The summed E-state index contributed by atoms with van der Waals surface area (Å²) >= 11 is 0. The van der Waals surface area contributed by atoms with Crippen LogP contribution >= 0.6 is 0 Å². The molecule has 220 valence electrons. The second kappa shape index (κ2) is 11.6. The Kier molecular flexibility index (Phi) is 8.75. The van der Waals surface area contributed by atoms with Crippen LogP contribution in [-0.4, -0.2) is 72.6 Å². The normalized spacial score (nSPS) is 20.6. The second-order valence-corrected chi connectivity index (χ2v) is 11.6. The minimum atomic E-state index is -4.59. The third kappa shape index (κ3) is 6.74. The van der Waals surface area contributed by atoms with E-state index in [0.717, 1.165) is 22.6 Å². The van der Waals surface area contributed by atoms with Gasteiger partial charge in [-0.2, -0.15) is 13.2 Å². The van der Waals surface area contributed by atoms with Crippen LogP contribution in [0, 0.1) is 11.6 Å². The summed E-state index contributed by atoms with van der Waals surface area (Å²) in [6, 6.07) is 6.27. The van der Waals surface area contributed by atoms with Crippen LogP contribution in [0.4, 0.5) is 36.8 Å². The molecule has 2 aliphatic heterocycles. The molecule has 2 heterocycles. The Balaban J connectivity index is 1.75. The summed E-state index contributed by atoms with van der Waals surface area (Å²) in [5.41, 5.74) is -0.359. The van der Waals surface area contributed by atoms with E-state index in [2.05, 4.69) is 0 Å². The second-order valence-electron chi connectivity index (χ2n) is 11.6. The maximum Gasteiger partial charge on any atom is 0.415 e. The van der Waals surface area contributed by atoms with E-state index >= 15 is 8.78 Å². The van der Waals surface area contributed by atoms with Gasteiger partial charge < -0.3 is 4.74 Å². The van der Waals surface area contributed by atoms with E-state index in [1.165, 1.54) is 4.90 Å². The monoisotopic (exact) mass is 571 g/mol. The van der Waals surface area contributed by atoms with Gasteiger partial charge in [0.2, 0.25) is 0 Å². The maximum absolute atomic E-state index is 15.9. The molecule has 2 aliphatic rings. The molecule has 1 fully saturated rings. The van der Waals surface area contributed by atoms with E-state index in [9.17, 15) is 22.4 Å². The molecular weight excluding hydrogens is 536 g/mol. The molecule has 0 aromatic heterocycles. The quantitative estimate of drug-likeness (QED) is 0.349. The molecule has 0 N–H and O–H groups in total. The number of ether oxygens (including phenoxy) is 1. The van der Waals surface area contributed by atoms with Gasteiger partial charge in [-0.3, -0.25) is 19.1 Å². The molecule has 1 unspecified atom stereocenters. The lowest BCUT2D eigenvalue weighted by Crippen LogP contribution is -2.61. The molecule has 1 amide bonds. The Hall–Kier alpha value is -2.79. The number of hydrogen-bond donors (Lipinski definition) is 0. The number of amides is 1. The van der Waals surface area contributed by atoms with E-state index in [1.807, 2.05) is 4.90 Å². The number of rotatable bonds is 7. The van der Waals surface area contributed by atoms with Crippen molar-refractivity contribution in [3.8, 4) is 0 Å². The smallest absolute Gasteiger partial charge is 0.415 e. The molecule has 0 spiro atoms. The first-order chi connectivity index (χ1) is 18.7. The number of nitrogens with zero attached hydrogens (tertiary/aromatic N) is 3. The summed E-state index contributed by atoms with van der Waals surface area (Å²) < 4.78 is 90.8. The number of fused-ring (bicyclic) bond motifs is 1. The molecular formula is C29H35F6N3O2. The SMILES string of the molecule is C[C@@H]1Cc2ccccc2C(c2c(F)cc(N(C(=O)OC(C)(C)C)C3CN(CCCF)C3)cc2F)N1CC(F)(F)F. The number of likely N-dealkylation sites (tertiary alicyclic amines) is 1. The van der Waals surface area contributed by atoms with Gasteiger partial charge in [-0.1, -0.05) is 24.3 Å². The zero-order chi connectivity index (χ0) is 29.4. The fraction of sp³-hybridized carbons (Fsp3) is 0.552. The lowest BCUT2D eigenvalue weighted by Gasteiger charge is -2.45. The zero-order valence-corrected chi connectivity index (χ0v) is 23.1. The fourth-order valence-corrected chi connectivity index (χ4v) is 5.55. The molecule has 2 aromatic carbocycles. The highest BCUT2D eigenvalue weighted by Gasteiger charge is 2.43. The lowest BCUT2D eigenvalue weighted by atomic mass is 9.84. The summed E-state index contributed by atoms with van der Waals surface area (Å²) in [6.07, 6.45) is -4.76. The molecule has 0 aliphatic carbocycles. The van der Waals surface area contributed by atoms with Crippen LogP contribution in [0.25, 0.3) is 0 Å². The number of carbonyl (C=O) groups is 1. The minimum absolute atomic E-state index is 0.0948. The van der Waals surface area contributed by atoms with Gasteiger partial charge in [0.05, 0.1) is 31.0 Å². The van der Waals surface area contributed by atoms with Gasteiger partial charge in [0.1, 0.15) is 17.2 Å². The zero-order valence-electron chi connectivity index (χ0n) is 23.1. The number of benzene rings is 2. The van der Waals surface area contributed by atoms with Crippen molar-refractivity contribution in [2.75, 3.05) is 37.8 Å². The van der Waals surface area contributed by atoms with Gasteiger partial charge in [-0.25, -0.2) is 13.6 Å². The van der Waals surface area contributed by atoms with Crippen LogP contribution in [0.5, 0.6) is 0 Å². The average molecular weight is 572 g/mol. The predicted octanol–water partition coefficient (Wildman–Crippen LogP) is 6.65. The molecule has 0 radical (unpaired) electrons. The predicted molar refractivity (Wildman–Crippen MR) is 140 cm³/mol. The van der Waals surface area contributed by atoms with E-state index < -0.39 is 66.4 Å². The minimum Gasteiger partial charge on any atom is -0.443 e. The summed E-state index contributed by atoms with van der Waals surface area (Å²) in [6.45, 7) is 5.97. The maximum atomic E-state index is 15.9. The van der Waals surface area contributed by atoms with E-state index in [4.69, 9.17) is 4.74 Å². The molecule has 40 heavy (non-hydrogen) atoms. The first-order valence-electron chi connectivity index (χ1n) is 13.4. The number of halogens is 6. The molecule has 4 rings (SSSR count). The Morgan fingerprint density at radius 2 is 1.70 bits per heavy atom. The first-order valence-corrected chi connectivity index (χ1v) is 13.4. The highest BCUT2D eigenvalue weighted by molar-refractivity contribution is 5.89. The van der Waals surface area contributed by atoms with Crippen molar-refractivity contribution < 1.29 is 35.9 Å².